The van der Waals surface area contributed by atoms with Crippen LogP contribution in [-0.2, 0) is 0 Å². The van der Waals surface area contributed by atoms with E-state index in [9.17, 15) is 14.9 Å². The highest BCUT2D eigenvalue weighted by atomic mass is 35.5. The van der Waals surface area contributed by atoms with Crippen LogP contribution in [0, 0.1) is 10.1 Å². The largest absolute Gasteiger partial charge is 0.389 e. The zero-order valence-corrected chi connectivity index (χ0v) is 9.49. The van der Waals surface area contributed by atoms with Crippen molar-refractivity contribution in [1.29, 1.82) is 0 Å². The fourth-order valence-corrected chi connectivity index (χ4v) is 2.56. The maximum Gasteiger partial charge on any atom is 0.299 e. The van der Waals surface area contributed by atoms with Gasteiger partial charge in [-0.3, -0.25) is 14.9 Å². The lowest BCUT2D eigenvalue weighted by atomic mass is 10.1. The molecule has 1 N–H and O–H groups in total. The summed E-state index contributed by atoms with van der Waals surface area (Å²) in [6.07, 6.45) is -0.491. The van der Waals surface area contributed by atoms with Crippen LogP contribution in [0.3, 0.4) is 0 Å². The molecule has 0 saturated carbocycles. The molecule has 0 aromatic carbocycles. The summed E-state index contributed by atoms with van der Waals surface area (Å²) in [5, 5.41) is 19.6. The lowest BCUT2D eigenvalue weighted by molar-refractivity contribution is -0.384. The number of thiophene rings is 1. The van der Waals surface area contributed by atoms with Crippen molar-refractivity contribution in [2.24, 2.45) is 0 Å². The fraction of sp³-hybridized carbons (Fsp3) is 0.375. The summed E-state index contributed by atoms with van der Waals surface area (Å²) in [7, 11) is 0. The summed E-state index contributed by atoms with van der Waals surface area (Å²) in [5.74, 6) is -0.328. The van der Waals surface area contributed by atoms with Crippen LogP contribution in [0.5, 0.6) is 0 Å². The van der Waals surface area contributed by atoms with E-state index in [4.69, 9.17) is 16.7 Å². The highest BCUT2D eigenvalue weighted by molar-refractivity contribution is 7.18. The lowest BCUT2D eigenvalue weighted by Crippen LogP contribution is -2.53. The third kappa shape index (κ3) is 1.89. The number of amides is 1. The van der Waals surface area contributed by atoms with Gasteiger partial charge in [0.2, 0.25) is 0 Å². The number of nitrogens with zero attached hydrogens (tertiary/aromatic N) is 2. The topological polar surface area (TPSA) is 83.7 Å². The van der Waals surface area contributed by atoms with Crippen molar-refractivity contribution in [3.05, 3.63) is 25.4 Å². The summed E-state index contributed by atoms with van der Waals surface area (Å²) in [5.41, 5.74) is -0.254. The van der Waals surface area contributed by atoms with Gasteiger partial charge in [-0.2, -0.15) is 0 Å². The van der Waals surface area contributed by atoms with Gasteiger partial charge < -0.3 is 10.0 Å². The summed E-state index contributed by atoms with van der Waals surface area (Å²) in [6, 6.07) is 1.17. The van der Waals surface area contributed by atoms with Gasteiger partial charge in [0.15, 0.2) is 4.34 Å². The van der Waals surface area contributed by atoms with Crippen molar-refractivity contribution in [2.75, 3.05) is 13.1 Å². The molecule has 0 bridgehead atoms. The van der Waals surface area contributed by atoms with E-state index in [1.807, 2.05) is 0 Å². The first-order valence-electron chi connectivity index (χ1n) is 4.40. The number of hydrogen-bond donors (Lipinski definition) is 1. The Morgan fingerprint density at radius 2 is 2.31 bits per heavy atom. The van der Waals surface area contributed by atoms with Crippen LogP contribution < -0.4 is 0 Å². The minimum Gasteiger partial charge on any atom is -0.389 e. The smallest absolute Gasteiger partial charge is 0.299 e. The summed E-state index contributed by atoms with van der Waals surface area (Å²) in [6.45, 7) is 0.532. The van der Waals surface area contributed by atoms with E-state index in [1.165, 1.54) is 11.0 Å². The molecule has 1 amide bonds. The second-order valence-electron chi connectivity index (χ2n) is 3.39. The van der Waals surface area contributed by atoms with E-state index in [0.717, 1.165) is 11.3 Å². The molecule has 16 heavy (non-hydrogen) atoms. The Labute approximate surface area is 99.2 Å². The first kappa shape index (κ1) is 11.3. The normalized spacial score (nSPS) is 16.0. The molecule has 1 aromatic rings. The summed E-state index contributed by atoms with van der Waals surface area (Å²) in [4.78, 5) is 23.2. The molecule has 0 atom stereocenters. The average molecular weight is 263 g/mol. The highest BCUT2D eigenvalue weighted by Crippen LogP contribution is 2.34. The van der Waals surface area contributed by atoms with Gasteiger partial charge in [0.05, 0.1) is 11.0 Å². The van der Waals surface area contributed by atoms with Gasteiger partial charge in [-0.25, -0.2) is 0 Å². The number of halogens is 1. The highest BCUT2D eigenvalue weighted by Gasteiger charge is 2.32. The van der Waals surface area contributed by atoms with E-state index in [-0.39, 0.29) is 33.9 Å². The Bertz CT molecular complexity index is 455. The van der Waals surface area contributed by atoms with E-state index in [2.05, 4.69) is 0 Å². The van der Waals surface area contributed by atoms with Gasteiger partial charge in [-0.15, -0.1) is 11.3 Å². The van der Waals surface area contributed by atoms with Crippen LogP contribution in [0.4, 0.5) is 5.69 Å². The molecule has 8 heteroatoms. The summed E-state index contributed by atoms with van der Waals surface area (Å²) < 4.78 is -0.00516. The molecule has 0 aliphatic carbocycles. The zero-order valence-electron chi connectivity index (χ0n) is 7.92. The molecule has 2 heterocycles. The van der Waals surface area contributed by atoms with Gasteiger partial charge in [0.1, 0.15) is 4.88 Å². The molecule has 6 nitrogen and oxygen atoms in total. The van der Waals surface area contributed by atoms with Crippen LogP contribution in [0.15, 0.2) is 6.07 Å². The van der Waals surface area contributed by atoms with Crippen molar-refractivity contribution < 1.29 is 14.8 Å². The quantitative estimate of drug-likeness (QED) is 0.640. The minimum absolute atomic E-state index is 0.00516. The standard InChI is InChI=1S/C8H7ClN2O4S/c9-7-5(11(14)15)1-6(16-7)8(13)10-2-4(12)3-10/h1,4,12H,2-3H2. The van der Waals surface area contributed by atoms with Crippen molar-refractivity contribution in [1.82, 2.24) is 4.90 Å². The van der Waals surface area contributed by atoms with Crippen LogP contribution in [0.25, 0.3) is 0 Å². The van der Waals surface area contributed by atoms with Gasteiger partial charge in [0, 0.05) is 19.2 Å². The molecule has 1 aromatic heterocycles. The van der Waals surface area contributed by atoms with Gasteiger partial charge in [-0.05, 0) is 0 Å². The third-order valence-electron chi connectivity index (χ3n) is 2.23. The monoisotopic (exact) mass is 262 g/mol. The Hall–Kier alpha value is -1.18. The number of aliphatic hydroxyl groups excluding tert-OH is 1. The predicted octanol–water partition coefficient (Wildman–Crippen LogP) is 1.13. The first-order chi connectivity index (χ1) is 7.49. The van der Waals surface area contributed by atoms with Crippen LogP contribution in [0.1, 0.15) is 9.67 Å². The molecule has 1 saturated heterocycles. The van der Waals surface area contributed by atoms with Gasteiger partial charge >= 0.3 is 0 Å². The molecule has 2 rings (SSSR count). The Morgan fingerprint density at radius 3 is 2.75 bits per heavy atom. The second kappa shape index (κ2) is 4.00. The molecule has 0 unspecified atom stereocenters. The van der Waals surface area contributed by atoms with Crippen molar-refractivity contribution in [3.63, 3.8) is 0 Å². The second-order valence-corrected chi connectivity index (χ2v) is 5.04. The van der Waals surface area contributed by atoms with E-state index < -0.39 is 11.0 Å². The van der Waals surface area contributed by atoms with E-state index >= 15 is 0 Å². The number of aliphatic hydroxyl groups is 1. The van der Waals surface area contributed by atoms with E-state index in [1.54, 1.807) is 0 Å². The Kier molecular flexibility index (Phi) is 2.83. The molecular weight excluding hydrogens is 256 g/mol. The number of β-amino-alcohol motifs (C(OH)–C–C–N with tert-alkyl or cyclic N) is 1. The number of likely N-dealkylation sites (tertiary alicyclic amines) is 1. The molecule has 1 aliphatic rings. The van der Waals surface area contributed by atoms with Gasteiger partial charge in [-0.1, -0.05) is 11.6 Å². The molecule has 1 fully saturated rings. The van der Waals surface area contributed by atoms with E-state index in [0.29, 0.717) is 0 Å². The molecule has 86 valence electrons. The van der Waals surface area contributed by atoms with Crippen LogP contribution in [0.2, 0.25) is 4.34 Å². The van der Waals surface area contributed by atoms with Crippen molar-refractivity contribution >= 4 is 34.5 Å². The Balaban J connectivity index is 2.18. The van der Waals surface area contributed by atoms with Crippen LogP contribution >= 0.6 is 22.9 Å². The number of hydrogen-bond acceptors (Lipinski definition) is 5. The molecular formula is C8H7ClN2O4S. The van der Waals surface area contributed by atoms with Gasteiger partial charge in [0.25, 0.3) is 11.6 Å². The molecule has 0 spiro atoms. The number of nitro groups is 1. The number of rotatable bonds is 2. The third-order valence-corrected chi connectivity index (χ3v) is 3.55. The minimum atomic E-state index is -0.624. The zero-order chi connectivity index (χ0) is 11.9. The molecule has 1 aliphatic heterocycles. The summed E-state index contributed by atoms with van der Waals surface area (Å²) >= 11 is 6.52. The number of carbonyl (C=O) groups excluding carboxylic acids is 1. The number of carbonyl (C=O) groups is 1. The maximum atomic E-state index is 11.7. The lowest BCUT2D eigenvalue weighted by Gasteiger charge is -2.35. The molecule has 0 radical (unpaired) electrons. The van der Waals surface area contributed by atoms with Crippen molar-refractivity contribution in [3.8, 4) is 0 Å². The fourth-order valence-electron chi connectivity index (χ4n) is 1.37. The SMILES string of the molecule is O=C(c1cc([N+](=O)[O-])c(Cl)s1)N1CC(O)C1. The Morgan fingerprint density at radius 1 is 1.69 bits per heavy atom. The predicted molar refractivity (Wildman–Crippen MR) is 57.9 cm³/mol. The van der Waals surface area contributed by atoms with Crippen LogP contribution in [-0.4, -0.2) is 40.0 Å². The van der Waals surface area contributed by atoms with Crippen molar-refractivity contribution in [2.45, 2.75) is 6.10 Å². The maximum absolute atomic E-state index is 11.7. The first-order valence-corrected chi connectivity index (χ1v) is 5.59. The average Bonchev–Trinajstić information content (AvgIpc) is 2.54.